The maximum absolute atomic E-state index is 11.7. The molecule has 2 aliphatic heterocycles. The molecule has 31 heavy (non-hydrogen) atoms. The normalized spacial score (nSPS) is 27.6. The van der Waals surface area contributed by atoms with Crippen molar-refractivity contribution in [1.82, 2.24) is 4.90 Å². The number of likely N-dealkylation sites (tertiary alicyclic amines) is 1. The number of hydrogen-bond donors (Lipinski definition) is 0. The Morgan fingerprint density at radius 1 is 1.10 bits per heavy atom. The van der Waals surface area contributed by atoms with Crippen LogP contribution in [0.15, 0.2) is 59.5 Å². The Morgan fingerprint density at radius 2 is 1.81 bits per heavy atom. The molecule has 1 spiro atoms. The summed E-state index contributed by atoms with van der Waals surface area (Å²) in [6.07, 6.45) is 5.05. The van der Waals surface area contributed by atoms with E-state index in [-0.39, 0.29) is 11.5 Å². The van der Waals surface area contributed by atoms with Crippen LogP contribution in [-0.2, 0) is 21.1 Å². The third kappa shape index (κ3) is 5.21. The molecule has 0 bridgehead atoms. The first-order valence-electron chi connectivity index (χ1n) is 11.4. The van der Waals surface area contributed by atoms with Gasteiger partial charge in [0, 0.05) is 24.8 Å². The van der Waals surface area contributed by atoms with Gasteiger partial charge in [0.05, 0.1) is 17.6 Å². The molecule has 0 aliphatic carbocycles. The summed E-state index contributed by atoms with van der Waals surface area (Å²) in [5.74, 6) is 1.09. The van der Waals surface area contributed by atoms with Crippen molar-refractivity contribution in [3.63, 3.8) is 0 Å². The maximum Gasteiger partial charge on any atom is 0.175 e. The number of piperidine rings is 1. The molecule has 0 unspecified atom stereocenters. The molecule has 0 radical (unpaired) electrons. The number of nitrogens with zero attached hydrogens (tertiary/aromatic N) is 1. The molecule has 2 aromatic carbocycles. The lowest BCUT2D eigenvalue weighted by atomic mass is 9.67. The Bertz CT molecular complexity index is 971. The van der Waals surface area contributed by atoms with E-state index in [2.05, 4.69) is 49.1 Å². The number of benzene rings is 2. The Labute approximate surface area is 187 Å². The third-order valence-electron chi connectivity index (χ3n) is 7.11. The van der Waals surface area contributed by atoms with Gasteiger partial charge in [-0.05, 0) is 60.9 Å². The molecule has 0 N–H and O–H groups in total. The zero-order valence-corrected chi connectivity index (χ0v) is 19.8. The Morgan fingerprint density at radius 3 is 2.45 bits per heavy atom. The molecule has 5 heteroatoms. The fourth-order valence-corrected chi connectivity index (χ4v) is 6.09. The first kappa shape index (κ1) is 22.5. The van der Waals surface area contributed by atoms with E-state index in [4.69, 9.17) is 4.74 Å². The molecule has 2 aromatic rings. The van der Waals surface area contributed by atoms with Gasteiger partial charge < -0.3 is 4.74 Å². The van der Waals surface area contributed by atoms with Crippen molar-refractivity contribution in [3.05, 3.63) is 65.7 Å². The number of sulfone groups is 1. The molecule has 168 valence electrons. The van der Waals surface area contributed by atoms with E-state index in [0.717, 1.165) is 26.2 Å². The molecule has 2 heterocycles. The summed E-state index contributed by atoms with van der Waals surface area (Å²) >= 11 is 0. The predicted molar refractivity (Wildman–Crippen MR) is 125 cm³/mol. The van der Waals surface area contributed by atoms with Crippen LogP contribution in [0.5, 0.6) is 0 Å². The molecule has 0 saturated carbocycles. The van der Waals surface area contributed by atoms with Gasteiger partial charge in [-0.15, -0.1) is 0 Å². The lowest BCUT2D eigenvalue weighted by molar-refractivity contribution is -0.135. The molecule has 4 nitrogen and oxygen atoms in total. The van der Waals surface area contributed by atoms with Gasteiger partial charge in [-0.3, -0.25) is 4.90 Å². The monoisotopic (exact) mass is 441 g/mol. The van der Waals surface area contributed by atoms with Crippen molar-refractivity contribution in [2.75, 3.05) is 26.0 Å². The van der Waals surface area contributed by atoms with Gasteiger partial charge in [-0.1, -0.05) is 56.3 Å². The second-order valence-electron chi connectivity index (χ2n) is 9.98. The molecular formula is C26H35NO3S. The Kier molecular flexibility index (Phi) is 6.57. The van der Waals surface area contributed by atoms with Crippen LogP contribution in [0.3, 0.4) is 0 Å². The molecule has 2 saturated heterocycles. The molecular weight excluding hydrogens is 406 g/mol. The van der Waals surface area contributed by atoms with Crippen LogP contribution < -0.4 is 0 Å². The van der Waals surface area contributed by atoms with Gasteiger partial charge >= 0.3 is 0 Å². The van der Waals surface area contributed by atoms with Crippen LogP contribution >= 0.6 is 0 Å². The van der Waals surface area contributed by atoms with E-state index >= 15 is 0 Å². The highest BCUT2D eigenvalue weighted by atomic mass is 32.2. The fourth-order valence-electron chi connectivity index (χ4n) is 5.46. The van der Waals surface area contributed by atoms with Crippen molar-refractivity contribution < 1.29 is 13.2 Å². The Hall–Kier alpha value is -1.69. The second kappa shape index (κ2) is 9.05. The van der Waals surface area contributed by atoms with Gasteiger partial charge in [0.2, 0.25) is 0 Å². The molecule has 0 aromatic heterocycles. The summed E-state index contributed by atoms with van der Waals surface area (Å²) in [5, 5.41) is 0. The highest BCUT2D eigenvalue weighted by molar-refractivity contribution is 7.90. The van der Waals surface area contributed by atoms with Crippen LogP contribution in [0.2, 0.25) is 0 Å². The standard InChI is InChI=1S/C26H35NO3S/c1-20(2)24-16-26(19-30-25(24)22-8-5-4-6-9-22)14-7-15-27(18-26)17-21-10-12-23(13-11-21)31(3,28)29/h4-6,8-13,20,24-25H,7,14-19H2,1-3H3/t24-,25-,26+/m0/s1. The molecule has 3 atom stereocenters. The van der Waals surface area contributed by atoms with Crippen LogP contribution in [0.4, 0.5) is 0 Å². The minimum Gasteiger partial charge on any atom is -0.373 e. The van der Waals surface area contributed by atoms with Gasteiger partial charge in [0.1, 0.15) is 0 Å². The summed E-state index contributed by atoms with van der Waals surface area (Å²) in [4.78, 5) is 2.92. The number of ether oxygens (including phenoxy) is 1. The maximum atomic E-state index is 11.7. The highest BCUT2D eigenvalue weighted by Crippen LogP contribution is 2.48. The Balaban J connectivity index is 1.46. The quantitative estimate of drug-likeness (QED) is 0.647. The number of rotatable bonds is 5. The summed E-state index contributed by atoms with van der Waals surface area (Å²) in [7, 11) is -3.15. The molecule has 4 rings (SSSR count). The molecule has 2 aliphatic rings. The zero-order chi connectivity index (χ0) is 22.1. The first-order chi connectivity index (χ1) is 14.8. The van der Waals surface area contributed by atoms with Gasteiger partial charge in [-0.25, -0.2) is 8.42 Å². The summed E-state index contributed by atoms with van der Waals surface area (Å²) in [6, 6.07) is 18.1. The van der Waals surface area contributed by atoms with Crippen LogP contribution in [0.1, 0.15) is 50.3 Å². The number of hydrogen-bond acceptors (Lipinski definition) is 4. The summed E-state index contributed by atoms with van der Waals surface area (Å²) in [6.45, 7) is 8.47. The fraction of sp³-hybridized carbons (Fsp3) is 0.538. The van der Waals surface area contributed by atoms with E-state index in [1.165, 1.54) is 36.6 Å². The summed E-state index contributed by atoms with van der Waals surface area (Å²) < 4.78 is 30.0. The molecule has 2 fully saturated rings. The average Bonchev–Trinajstić information content (AvgIpc) is 2.74. The zero-order valence-electron chi connectivity index (χ0n) is 19.0. The highest BCUT2D eigenvalue weighted by Gasteiger charge is 2.45. The van der Waals surface area contributed by atoms with E-state index in [0.29, 0.717) is 16.7 Å². The third-order valence-corrected chi connectivity index (χ3v) is 8.24. The first-order valence-corrected chi connectivity index (χ1v) is 13.3. The predicted octanol–water partition coefficient (Wildman–Crippen LogP) is 5.11. The van der Waals surface area contributed by atoms with E-state index < -0.39 is 9.84 Å². The SMILES string of the molecule is CC(C)[C@@H]1C[C@@]2(CCCN(Cc3ccc(S(C)(=O)=O)cc3)C2)CO[C@H]1c1ccccc1. The van der Waals surface area contributed by atoms with Gasteiger partial charge in [0.15, 0.2) is 9.84 Å². The van der Waals surface area contributed by atoms with Crippen molar-refractivity contribution in [2.24, 2.45) is 17.3 Å². The van der Waals surface area contributed by atoms with Crippen LogP contribution in [0, 0.1) is 17.3 Å². The van der Waals surface area contributed by atoms with Crippen LogP contribution in [-0.4, -0.2) is 39.3 Å². The van der Waals surface area contributed by atoms with Crippen molar-refractivity contribution in [3.8, 4) is 0 Å². The van der Waals surface area contributed by atoms with E-state index in [1.54, 1.807) is 12.1 Å². The topological polar surface area (TPSA) is 46.6 Å². The summed E-state index contributed by atoms with van der Waals surface area (Å²) in [5.41, 5.74) is 2.68. The minimum atomic E-state index is -3.15. The van der Waals surface area contributed by atoms with Crippen molar-refractivity contribution in [1.29, 1.82) is 0 Å². The minimum absolute atomic E-state index is 0.186. The van der Waals surface area contributed by atoms with Gasteiger partial charge in [0.25, 0.3) is 0 Å². The van der Waals surface area contributed by atoms with E-state index in [1.807, 2.05) is 12.1 Å². The van der Waals surface area contributed by atoms with Crippen molar-refractivity contribution >= 4 is 9.84 Å². The largest absolute Gasteiger partial charge is 0.373 e. The van der Waals surface area contributed by atoms with Crippen molar-refractivity contribution in [2.45, 2.75) is 50.7 Å². The smallest absolute Gasteiger partial charge is 0.175 e. The lowest BCUT2D eigenvalue weighted by Crippen LogP contribution is -2.50. The average molecular weight is 442 g/mol. The van der Waals surface area contributed by atoms with E-state index in [9.17, 15) is 8.42 Å². The van der Waals surface area contributed by atoms with Crippen LogP contribution in [0.25, 0.3) is 0 Å². The second-order valence-corrected chi connectivity index (χ2v) is 12.0. The molecule has 0 amide bonds. The van der Waals surface area contributed by atoms with Gasteiger partial charge in [-0.2, -0.15) is 0 Å². The lowest BCUT2D eigenvalue weighted by Gasteiger charge is -2.50.